The Morgan fingerprint density at radius 3 is 1.98 bits per heavy atom. The molecule has 0 aromatic heterocycles. The monoisotopic (exact) mass is 538 g/mol. The fraction of sp³-hybridized carbons (Fsp3) is 0.114. The molecule has 2 atom stereocenters. The number of benzene rings is 5. The lowest BCUT2D eigenvalue weighted by Gasteiger charge is -2.47. The number of hydrogen-bond donors (Lipinski definition) is 0. The minimum Gasteiger partial charge on any atom is -0.478 e. The zero-order valence-electron chi connectivity index (χ0n) is 22.6. The summed E-state index contributed by atoms with van der Waals surface area (Å²) in [6, 6.07) is 33.2. The molecular weight excluding hydrogens is 512 g/mol. The van der Waals surface area contributed by atoms with E-state index in [1.165, 1.54) is 0 Å². The van der Waals surface area contributed by atoms with Gasteiger partial charge in [-0.1, -0.05) is 60.7 Å². The molecule has 6 heteroatoms. The average Bonchev–Trinajstić information content (AvgIpc) is 3.01. The zero-order valence-corrected chi connectivity index (χ0v) is 22.6. The molecule has 1 aliphatic carbocycles. The van der Waals surface area contributed by atoms with E-state index in [9.17, 15) is 14.4 Å². The topological polar surface area (TPSA) is 66.9 Å². The van der Waals surface area contributed by atoms with Crippen molar-refractivity contribution in [2.45, 2.75) is 12.1 Å². The molecule has 2 aliphatic rings. The van der Waals surface area contributed by atoms with Crippen LogP contribution in [0.25, 0.3) is 10.8 Å². The quantitative estimate of drug-likeness (QED) is 0.244. The first-order valence-electron chi connectivity index (χ1n) is 13.5. The molecular formula is C35H26N2O4. The van der Waals surface area contributed by atoms with Gasteiger partial charge < -0.3 is 9.64 Å². The summed E-state index contributed by atoms with van der Waals surface area (Å²) in [5.41, 5.74) is 4.00. The fourth-order valence-corrected chi connectivity index (χ4v) is 5.79. The minimum absolute atomic E-state index is 0.175. The molecule has 5 aromatic rings. The van der Waals surface area contributed by atoms with E-state index in [-0.39, 0.29) is 17.5 Å². The summed E-state index contributed by atoms with van der Waals surface area (Å²) in [5.74, 6) is 0.0436. The number of amides is 1. The van der Waals surface area contributed by atoms with E-state index in [0.29, 0.717) is 28.0 Å². The van der Waals surface area contributed by atoms with Crippen molar-refractivity contribution in [1.82, 2.24) is 0 Å². The van der Waals surface area contributed by atoms with Gasteiger partial charge in [0.05, 0.1) is 0 Å². The van der Waals surface area contributed by atoms with Crippen molar-refractivity contribution in [1.29, 1.82) is 0 Å². The van der Waals surface area contributed by atoms with Crippen molar-refractivity contribution in [3.8, 4) is 5.75 Å². The zero-order chi connectivity index (χ0) is 28.2. The molecule has 6 nitrogen and oxygen atoms in total. The van der Waals surface area contributed by atoms with Gasteiger partial charge >= 0.3 is 0 Å². The number of anilines is 2. The Morgan fingerprint density at radius 1 is 0.634 bits per heavy atom. The third kappa shape index (κ3) is 3.99. The van der Waals surface area contributed by atoms with E-state index in [1.54, 1.807) is 41.3 Å². The Kier molecular flexibility index (Phi) is 5.71. The van der Waals surface area contributed by atoms with E-state index >= 15 is 0 Å². The van der Waals surface area contributed by atoms with Crippen molar-refractivity contribution in [3.63, 3.8) is 0 Å². The molecule has 200 valence electrons. The van der Waals surface area contributed by atoms with E-state index in [1.807, 2.05) is 91.8 Å². The van der Waals surface area contributed by atoms with Crippen LogP contribution in [0.5, 0.6) is 5.75 Å². The van der Waals surface area contributed by atoms with E-state index < -0.39 is 12.1 Å². The van der Waals surface area contributed by atoms with Gasteiger partial charge in [-0.25, -0.2) is 0 Å². The highest BCUT2D eigenvalue weighted by Gasteiger charge is 2.51. The van der Waals surface area contributed by atoms with Crippen LogP contribution in [-0.2, 0) is 4.79 Å². The molecule has 1 aliphatic heterocycles. The van der Waals surface area contributed by atoms with E-state index in [2.05, 4.69) is 0 Å². The second-order valence-electron chi connectivity index (χ2n) is 10.6. The maximum atomic E-state index is 13.7. The number of fused-ring (bicyclic) bond motifs is 3. The highest BCUT2D eigenvalue weighted by atomic mass is 16.5. The van der Waals surface area contributed by atoms with Gasteiger partial charge in [0.15, 0.2) is 11.6 Å². The molecule has 2 unspecified atom stereocenters. The van der Waals surface area contributed by atoms with Gasteiger partial charge in [-0.2, -0.15) is 0 Å². The molecule has 0 N–H and O–H groups in total. The van der Waals surface area contributed by atoms with Gasteiger partial charge in [0.25, 0.3) is 5.91 Å². The summed E-state index contributed by atoms with van der Waals surface area (Å²) < 4.78 is 6.35. The van der Waals surface area contributed by atoms with Crippen LogP contribution in [0, 0.1) is 0 Å². The molecule has 1 fully saturated rings. The molecule has 0 saturated carbocycles. The van der Waals surface area contributed by atoms with Gasteiger partial charge in [-0.15, -0.1) is 0 Å². The lowest BCUT2D eigenvalue weighted by molar-refractivity contribution is -0.135. The largest absolute Gasteiger partial charge is 0.478 e. The molecule has 7 rings (SSSR count). The number of ketones is 2. The van der Waals surface area contributed by atoms with Crippen molar-refractivity contribution >= 4 is 39.6 Å². The summed E-state index contributed by atoms with van der Waals surface area (Å²) >= 11 is 0. The minimum atomic E-state index is -0.801. The predicted molar refractivity (Wildman–Crippen MR) is 159 cm³/mol. The maximum absolute atomic E-state index is 13.7. The number of carbonyl (C=O) groups is 3. The highest BCUT2D eigenvalue weighted by molar-refractivity contribution is 6.28. The summed E-state index contributed by atoms with van der Waals surface area (Å²) in [5, 5.41) is 2.10. The first kappa shape index (κ1) is 24.8. The molecule has 5 aromatic carbocycles. The number of rotatable bonds is 5. The fourth-order valence-electron chi connectivity index (χ4n) is 5.79. The van der Waals surface area contributed by atoms with Gasteiger partial charge in [0, 0.05) is 47.7 Å². The van der Waals surface area contributed by atoms with Crippen LogP contribution < -0.4 is 14.5 Å². The Balaban J connectivity index is 1.29. The Morgan fingerprint density at radius 2 is 1.27 bits per heavy atom. The number of β-lactam (4-membered cyclic amide) rings is 1. The summed E-state index contributed by atoms with van der Waals surface area (Å²) in [6.07, 6.45) is -0.801. The highest BCUT2D eigenvalue weighted by Crippen LogP contribution is 2.43. The van der Waals surface area contributed by atoms with Gasteiger partial charge in [-0.3, -0.25) is 19.3 Å². The number of ether oxygens (including phenoxy) is 1. The van der Waals surface area contributed by atoms with E-state index in [4.69, 9.17) is 4.74 Å². The van der Waals surface area contributed by atoms with Crippen LogP contribution in [0.2, 0.25) is 0 Å². The molecule has 1 saturated heterocycles. The normalized spacial score (nSPS) is 17.6. The third-order valence-corrected chi connectivity index (χ3v) is 7.96. The Bertz CT molecular complexity index is 1880. The Labute approximate surface area is 237 Å². The summed E-state index contributed by atoms with van der Waals surface area (Å²) in [6.45, 7) is 0. The van der Waals surface area contributed by atoms with Crippen LogP contribution in [-0.4, -0.2) is 37.7 Å². The molecule has 1 heterocycles. The van der Waals surface area contributed by atoms with Crippen molar-refractivity contribution in [2.75, 3.05) is 23.9 Å². The molecule has 1 amide bonds. The number of hydrogen-bond acceptors (Lipinski definition) is 5. The van der Waals surface area contributed by atoms with Gasteiger partial charge in [0.1, 0.15) is 11.8 Å². The molecule has 0 spiro atoms. The average molecular weight is 539 g/mol. The van der Waals surface area contributed by atoms with Crippen molar-refractivity contribution in [3.05, 3.63) is 137 Å². The van der Waals surface area contributed by atoms with Crippen LogP contribution >= 0.6 is 0 Å². The Hall–Kier alpha value is -5.23. The van der Waals surface area contributed by atoms with Gasteiger partial charge in [-0.05, 0) is 64.9 Å². The maximum Gasteiger partial charge on any atom is 0.271 e. The van der Waals surface area contributed by atoms with Gasteiger partial charge in [0.2, 0.25) is 6.10 Å². The standard InChI is InChI=1S/C35H26N2O4/c1-36(2)24-13-15-25(16-14-24)37-31(34(35(37)40)41-26-17-11-21-7-3-4-8-22(21)19-26)23-12-18-29-30(20-23)33(39)28-10-6-5-9-27(28)32(29)38/h3-20,31,34H,1-2H3. The number of nitrogens with zero attached hydrogens (tertiary/aromatic N) is 2. The molecule has 41 heavy (non-hydrogen) atoms. The summed E-state index contributed by atoms with van der Waals surface area (Å²) in [4.78, 5) is 44.1. The second kappa shape index (κ2) is 9.45. The second-order valence-corrected chi connectivity index (χ2v) is 10.6. The van der Waals surface area contributed by atoms with Crippen molar-refractivity contribution < 1.29 is 19.1 Å². The molecule has 0 bridgehead atoms. The predicted octanol–water partition coefficient (Wildman–Crippen LogP) is 6.22. The first-order valence-corrected chi connectivity index (χ1v) is 13.5. The SMILES string of the molecule is CN(C)c1ccc(N2C(=O)C(Oc3ccc4ccccc4c3)C2c2ccc3c(c2)C(=O)c2ccccc2C3=O)cc1. The lowest BCUT2D eigenvalue weighted by Crippen LogP contribution is -2.61. The smallest absolute Gasteiger partial charge is 0.271 e. The van der Waals surface area contributed by atoms with Crippen LogP contribution in [0.1, 0.15) is 43.4 Å². The molecule has 0 radical (unpaired) electrons. The summed E-state index contributed by atoms with van der Waals surface area (Å²) in [7, 11) is 3.92. The van der Waals surface area contributed by atoms with Crippen LogP contribution in [0.15, 0.2) is 109 Å². The first-order chi connectivity index (χ1) is 19.9. The third-order valence-electron chi connectivity index (χ3n) is 7.96. The number of carbonyl (C=O) groups excluding carboxylic acids is 3. The van der Waals surface area contributed by atoms with Crippen LogP contribution in [0.3, 0.4) is 0 Å². The lowest BCUT2D eigenvalue weighted by atomic mass is 9.81. The van der Waals surface area contributed by atoms with E-state index in [0.717, 1.165) is 27.7 Å². The van der Waals surface area contributed by atoms with Crippen molar-refractivity contribution in [2.24, 2.45) is 0 Å². The van der Waals surface area contributed by atoms with Crippen LogP contribution in [0.4, 0.5) is 11.4 Å².